The van der Waals surface area contributed by atoms with Crippen LogP contribution in [0.5, 0.6) is 5.75 Å². The van der Waals surface area contributed by atoms with E-state index in [-0.39, 0.29) is 5.41 Å². The molecule has 3 fully saturated rings. The second kappa shape index (κ2) is 5.64. The van der Waals surface area contributed by atoms with E-state index < -0.39 is 0 Å². The highest BCUT2D eigenvalue weighted by atomic mass is 32.2. The molecule has 0 unspecified atom stereocenters. The van der Waals surface area contributed by atoms with E-state index in [4.69, 9.17) is 9.47 Å². The van der Waals surface area contributed by atoms with Gasteiger partial charge in [0.15, 0.2) is 0 Å². The lowest BCUT2D eigenvalue weighted by Crippen LogP contribution is -2.36. The zero-order chi connectivity index (χ0) is 15.0. The SMILES string of the molecule is COc1ccc(C23COC(C2)C3)cc1SCc1ccccc1. The van der Waals surface area contributed by atoms with Crippen LogP contribution in [-0.2, 0) is 15.9 Å². The molecule has 2 nitrogen and oxygen atoms in total. The highest BCUT2D eigenvalue weighted by Gasteiger charge is 2.52. The summed E-state index contributed by atoms with van der Waals surface area (Å²) in [6.45, 7) is 0.882. The van der Waals surface area contributed by atoms with Gasteiger partial charge in [-0.05, 0) is 36.1 Å². The third-order valence-corrected chi connectivity index (χ3v) is 5.95. The largest absolute Gasteiger partial charge is 0.496 e. The summed E-state index contributed by atoms with van der Waals surface area (Å²) in [4.78, 5) is 1.23. The highest BCUT2D eigenvalue weighted by Crippen LogP contribution is 2.52. The van der Waals surface area contributed by atoms with Crippen LogP contribution in [-0.4, -0.2) is 19.8 Å². The second-order valence-corrected chi connectivity index (χ2v) is 7.28. The van der Waals surface area contributed by atoms with Crippen molar-refractivity contribution < 1.29 is 9.47 Å². The van der Waals surface area contributed by atoms with Gasteiger partial charge in [-0.25, -0.2) is 0 Å². The first-order valence-corrected chi connectivity index (χ1v) is 8.74. The summed E-state index contributed by atoms with van der Waals surface area (Å²) in [5.41, 5.74) is 3.03. The first-order valence-electron chi connectivity index (χ1n) is 7.76. The fourth-order valence-electron chi connectivity index (χ4n) is 3.50. The van der Waals surface area contributed by atoms with Gasteiger partial charge in [-0.15, -0.1) is 11.8 Å². The molecule has 2 saturated heterocycles. The number of thioether (sulfide) groups is 1. The van der Waals surface area contributed by atoms with E-state index in [1.54, 1.807) is 7.11 Å². The molecular formula is C19H20O2S. The summed E-state index contributed by atoms with van der Waals surface area (Å²) in [7, 11) is 1.75. The Hall–Kier alpha value is -1.45. The van der Waals surface area contributed by atoms with Crippen molar-refractivity contribution in [3.63, 3.8) is 0 Å². The molecule has 0 N–H and O–H groups in total. The van der Waals surface area contributed by atoms with Gasteiger partial charge in [-0.1, -0.05) is 36.4 Å². The summed E-state index contributed by atoms with van der Waals surface area (Å²) < 4.78 is 11.3. The molecule has 2 aromatic rings. The zero-order valence-corrected chi connectivity index (χ0v) is 13.6. The number of fused-ring (bicyclic) bond motifs is 1. The molecule has 114 valence electrons. The molecule has 1 aliphatic carbocycles. The predicted molar refractivity (Wildman–Crippen MR) is 89.6 cm³/mol. The fourth-order valence-corrected chi connectivity index (χ4v) is 4.52. The number of methoxy groups -OCH3 is 1. The third-order valence-electron chi connectivity index (χ3n) is 4.85. The summed E-state index contributed by atoms with van der Waals surface area (Å²) in [6, 6.07) is 17.2. The molecule has 22 heavy (non-hydrogen) atoms. The molecule has 0 spiro atoms. The number of hydrogen-bond acceptors (Lipinski definition) is 3. The van der Waals surface area contributed by atoms with Gasteiger partial charge in [0.2, 0.25) is 0 Å². The normalized spacial score (nSPS) is 25.8. The molecule has 3 heteroatoms. The highest BCUT2D eigenvalue weighted by molar-refractivity contribution is 7.98. The van der Waals surface area contributed by atoms with Crippen molar-refractivity contribution in [2.75, 3.05) is 13.7 Å². The van der Waals surface area contributed by atoms with E-state index in [9.17, 15) is 0 Å². The Morgan fingerprint density at radius 2 is 2.00 bits per heavy atom. The average Bonchev–Trinajstić information content (AvgIpc) is 3.15. The van der Waals surface area contributed by atoms with E-state index in [0.29, 0.717) is 6.10 Å². The molecule has 2 aromatic carbocycles. The molecule has 3 aliphatic rings. The van der Waals surface area contributed by atoms with Crippen LogP contribution in [0.4, 0.5) is 0 Å². The van der Waals surface area contributed by atoms with Gasteiger partial charge in [-0.2, -0.15) is 0 Å². The van der Waals surface area contributed by atoms with Crippen LogP contribution in [0.15, 0.2) is 53.4 Å². The maximum atomic E-state index is 5.77. The van der Waals surface area contributed by atoms with Gasteiger partial charge >= 0.3 is 0 Å². The standard InChI is InChI=1S/C19H20O2S/c1-20-17-8-7-15(19-10-16(11-19)21-13-19)9-18(17)22-12-14-5-3-2-4-6-14/h2-9,16H,10-13H2,1H3. The van der Waals surface area contributed by atoms with Gasteiger partial charge < -0.3 is 9.47 Å². The topological polar surface area (TPSA) is 18.5 Å². The molecule has 2 heterocycles. The monoisotopic (exact) mass is 312 g/mol. The van der Waals surface area contributed by atoms with Crippen LogP contribution in [0.3, 0.4) is 0 Å². The van der Waals surface area contributed by atoms with E-state index in [1.165, 1.54) is 28.9 Å². The Kier molecular flexibility index (Phi) is 3.63. The molecular weight excluding hydrogens is 292 g/mol. The van der Waals surface area contributed by atoms with Crippen LogP contribution in [0.25, 0.3) is 0 Å². The summed E-state index contributed by atoms with van der Waals surface area (Å²) >= 11 is 1.85. The van der Waals surface area contributed by atoms with Crippen LogP contribution >= 0.6 is 11.8 Å². The molecule has 0 radical (unpaired) electrons. The molecule has 5 rings (SSSR count). The van der Waals surface area contributed by atoms with E-state index in [2.05, 4.69) is 48.5 Å². The predicted octanol–water partition coefficient (Wildman–Crippen LogP) is 4.42. The van der Waals surface area contributed by atoms with Crippen molar-refractivity contribution in [1.82, 2.24) is 0 Å². The summed E-state index contributed by atoms with van der Waals surface area (Å²) in [5.74, 6) is 1.93. The van der Waals surface area contributed by atoms with Crippen molar-refractivity contribution in [2.45, 2.75) is 35.0 Å². The molecule has 0 amide bonds. The maximum Gasteiger partial charge on any atom is 0.132 e. The zero-order valence-electron chi connectivity index (χ0n) is 12.7. The van der Waals surface area contributed by atoms with E-state index in [0.717, 1.165) is 18.1 Å². The van der Waals surface area contributed by atoms with Gasteiger partial charge in [0.1, 0.15) is 5.75 Å². The quantitative estimate of drug-likeness (QED) is 0.762. The van der Waals surface area contributed by atoms with Crippen molar-refractivity contribution >= 4 is 11.8 Å². The van der Waals surface area contributed by atoms with Crippen molar-refractivity contribution in [1.29, 1.82) is 0 Å². The number of benzene rings is 2. The first-order chi connectivity index (χ1) is 10.8. The first kappa shape index (κ1) is 14.2. The van der Waals surface area contributed by atoms with Gasteiger partial charge in [0.25, 0.3) is 0 Å². The van der Waals surface area contributed by atoms with Gasteiger partial charge in [-0.3, -0.25) is 0 Å². The lowest BCUT2D eigenvalue weighted by molar-refractivity contribution is 0.123. The van der Waals surface area contributed by atoms with Crippen LogP contribution < -0.4 is 4.74 Å². The Morgan fingerprint density at radius 1 is 1.18 bits per heavy atom. The molecule has 0 aromatic heterocycles. The minimum atomic E-state index is 0.277. The lowest BCUT2D eigenvalue weighted by atomic mass is 9.66. The fraction of sp³-hybridized carbons (Fsp3) is 0.368. The third kappa shape index (κ3) is 2.42. The van der Waals surface area contributed by atoms with Crippen LogP contribution in [0.1, 0.15) is 24.0 Å². The van der Waals surface area contributed by atoms with Gasteiger partial charge in [0, 0.05) is 16.1 Å². The second-order valence-electron chi connectivity index (χ2n) is 6.26. The van der Waals surface area contributed by atoms with Gasteiger partial charge in [0.05, 0.1) is 19.8 Å². The van der Waals surface area contributed by atoms with Crippen LogP contribution in [0, 0.1) is 0 Å². The van der Waals surface area contributed by atoms with E-state index >= 15 is 0 Å². The number of hydrogen-bond donors (Lipinski definition) is 0. The number of rotatable bonds is 5. The van der Waals surface area contributed by atoms with Crippen molar-refractivity contribution in [3.8, 4) is 5.75 Å². The molecule has 2 bridgehead atoms. The summed E-state index contributed by atoms with van der Waals surface area (Å²) in [5, 5.41) is 0. The Labute approximate surface area is 135 Å². The van der Waals surface area contributed by atoms with E-state index in [1.807, 2.05) is 11.8 Å². The Morgan fingerprint density at radius 3 is 2.68 bits per heavy atom. The lowest BCUT2D eigenvalue weighted by Gasteiger charge is -2.36. The minimum Gasteiger partial charge on any atom is -0.496 e. The minimum absolute atomic E-state index is 0.277. The number of ether oxygens (including phenoxy) is 2. The Bertz CT molecular complexity index is 657. The summed E-state index contributed by atoms with van der Waals surface area (Å²) in [6.07, 6.45) is 2.87. The molecule has 0 atom stereocenters. The van der Waals surface area contributed by atoms with Crippen molar-refractivity contribution in [2.24, 2.45) is 0 Å². The van der Waals surface area contributed by atoms with Crippen LogP contribution in [0.2, 0.25) is 0 Å². The Balaban J connectivity index is 1.57. The smallest absolute Gasteiger partial charge is 0.132 e. The average molecular weight is 312 g/mol. The molecule has 1 saturated carbocycles. The maximum absolute atomic E-state index is 5.77. The van der Waals surface area contributed by atoms with Crippen molar-refractivity contribution in [3.05, 3.63) is 59.7 Å². The molecule has 2 aliphatic heterocycles.